The third-order valence-corrected chi connectivity index (χ3v) is 2.57. The predicted octanol–water partition coefficient (Wildman–Crippen LogP) is -0.127. The Labute approximate surface area is 124 Å². The van der Waals surface area contributed by atoms with Crippen molar-refractivity contribution >= 4 is 17.8 Å². The molecule has 7 nitrogen and oxygen atoms in total. The summed E-state index contributed by atoms with van der Waals surface area (Å²) >= 11 is 0. The molecular weight excluding hydrogens is 276 g/mol. The first-order valence-corrected chi connectivity index (χ1v) is 6.88. The second kappa shape index (κ2) is 9.93. The highest BCUT2D eigenvalue weighted by Gasteiger charge is 2.22. The molecule has 0 bridgehead atoms. The molecule has 0 aromatic carbocycles. The molecule has 120 valence electrons. The van der Waals surface area contributed by atoms with Crippen LogP contribution in [0.2, 0.25) is 0 Å². The van der Waals surface area contributed by atoms with Gasteiger partial charge in [-0.3, -0.25) is 9.59 Å². The Kier molecular flexibility index (Phi) is 9.03. The first kappa shape index (κ1) is 19.1. The molecular formula is C14H24N2O5. The number of primary amides is 1. The summed E-state index contributed by atoms with van der Waals surface area (Å²) in [5.74, 6) is -1.79. The molecule has 2 atom stereocenters. The Balaban J connectivity index is 4.46. The predicted molar refractivity (Wildman–Crippen MR) is 77.0 cm³/mol. The van der Waals surface area contributed by atoms with Crippen molar-refractivity contribution in [2.45, 2.75) is 45.8 Å². The number of esters is 1. The lowest BCUT2D eigenvalue weighted by Gasteiger charge is -2.17. The van der Waals surface area contributed by atoms with Crippen LogP contribution in [0.15, 0.2) is 12.2 Å². The Morgan fingerprint density at radius 3 is 2.43 bits per heavy atom. The SMILES string of the molecule is CCOC(=O)/C=C/C[C@@H](NC(=O)[C@H](O)CC(C)C)C(N)=O. The molecule has 7 heteroatoms. The number of aliphatic hydroxyl groups is 1. The smallest absolute Gasteiger partial charge is 0.330 e. The van der Waals surface area contributed by atoms with E-state index >= 15 is 0 Å². The minimum atomic E-state index is -1.19. The molecule has 0 aliphatic heterocycles. The van der Waals surface area contributed by atoms with Crippen LogP contribution in [-0.4, -0.2) is 41.6 Å². The summed E-state index contributed by atoms with van der Waals surface area (Å²) in [5, 5.41) is 12.0. The standard InChI is InChI=1S/C14H24N2O5/c1-4-21-12(18)7-5-6-10(13(15)19)16-14(20)11(17)8-9(2)3/h5,7,9-11,17H,4,6,8H2,1-3H3,(H2,15,19)(H,16,20)/b7-5+/t10-,11-/m1/s1. The zero-order valence-corrected chi connectivity index (χ0v) is 12.7. The summed E-state index contributed by atoms with van der Waals surface area (Å²) in [6, 6.07) is -0.981. The average Bonchev–Trinajstić information content (AvgIpc) is 2.36. The molecule has 0 radical (unpaired) electrons. The van der Waals surface area contributed by atoms with Gasteiger partial charge < -0.3 is 20.9 Å². The molecule has 21 heavy (non-hydrogen) atoms. The molecule has 2 amide bonds. The van der Waals surface area contributed by atoms with Crippen molar-refractivity contribution in [2.24, 2.45) is 11.7 Å². The van der Waals surface area contributed by atoms with Crippen molar-refractivity contribution in [3.63, 3.8) is 0 Å². The zero-order valence-electron chi connectivity index (χ0n) is 12.7. The second-order valence-electron chi connectivity index (χ2n) is 5.00. The molecule has 4 N–H and O–H groups in total. The van der Waals surface area contributed by atoms with Gasteiger partial charge in [0, 0.05) is 6.08 Å². The fourth-order valence-corrected chi connectivity index (χ4v) is 1.56. The Morgan fingerprint density at radius 1 is 1.33 bits per heavy atom. The van der Waals surface area contributed by atoms with Gasteiger partial charge in [0.25, 0.3) is 0 Å². The molecule has 0 saturated carbocycles. The van der Waals surface area contributed by atoms with E-state index in [1.807, 2.05) is 13.8 Å². The van der Waals surface area contributed by atoms with Crippen LogP contribution >= 0.6 is 0 Å². The van der Waals surface area contributed by atoms with Crippen LogP contribution in [0.4, 0.5) is 0 Å². The molecule has 0 fully saturated rings. The molecule has 0 spiro atoms. The van der Waals surface area contributed by atoms with E-state index in [2.05, 4.69) is 10.1 Å². The van der Waals surface area contributed by atoms with Gasteiger partial charge in [0.1, 0.15) is 12.1 Å². The molecule has 0 aromatic rings. The lowest BCUT2D eigenvalue weighted by atomic mass is 10.0. The van der Waals surface area contributed by atoms with Crippen LogP contribution in [0.5, 0.6) is 0 Å². The lowest BCUT2D eigenvalue weighted by Crippen LogP contribution is -2.48. The maximum atomic E-state index is 11.7. The number of carbonyl (C=O) groups is 3. The van der Waals surface area contributed by atoms with E-state index in [4.69, 9.17) is 5.73 Å². The minimum absolute atomic E-state index is 0.0499. The van der Waals surface area contributed by atoms with Crippen molar-refractivity contribution in [2.75, 3.05) is 6.61 Å². The van der Waals surface area contributed by atoms with Gasteiger partial charge in [0.2, 0.25) is 11.8 Å². The summed E-state index contributed by atoms with van der Waals surface area (Å²) in [5.41, 5.74) is 5.18. The number of aliphatic hydroxyl groups excluding tert-OH is 1. The normalized spacial score (nSPS) is 14.0. The van der Waals surface area contributed by atoms with E-state index in [9.17, 15) is 19.5 Å². The van der Waals surface area contributed by atoms with Crippen LogP contribution in [-0.2, 0) is 19.1 Å². The average molecular weight is 300 g/mol. The number of ether oxygens (including phenoxy) is 1. The highest BCUT2D eigenvalue weighted by Crippen LogP contribution is 2.05. The maximum Gasteiger partial charge on any atom is 0.330 e. The fraction of sp³-hybridized carbons (Fsp3) is 0.643. The van der Waals surface area contributed by atoms with Crippen molar-refractivity contribution in [1.82, 2.24) is 5.32 Å². The monoisotopic (exact) mass is 300 g/mol. The van der Waals surface area contributed by atoms with Gasteiger partial charge in [-0.25, -0.2) is 4.79 Å². The molecule has 0 saturated heterocycles. The van der Waals surface area contributed by atoms with Crippen LogP contribution in [0.3, 0.4) is 0 Å². The van der Waals surface area contributed by atoms with E-state index in [1.165, 1.54) is 6.08 Å². The minimum Gasteiger partial charge on any atom is -0.463 e. The molecule has 0 aromatic heterocycles. The summed E-state index contributed by atoms with van der Waals surface area (Å²) in [6.45, 7) is 5.66. The van der Waals surface area contributed by atoms with Crippen LogP contribution in [0.1, 0.15) is 33.6 Å². The summed E-state index contributed by atoms with van der Waals surface area (Å²) in [6.07, 6.45) is 1.70. The summed E-state index contributed by atoms with van der Waals surface area (Å²) in [7, 11) is 0. The van der Waals surface area contributed by atoms with E-state index in [0.717, 1.165) is 6.08 Å². The highest BCUT2D eigenvalue weighted by atomic mass is 16.5. The number of nitrogens with one attached hydrogen (secondary N) is 1. The number of hydrogen-bond donors (Lipinski definition) is 3. The van der Waals surface area contributed by atoms with E-state index in [0.29, 0.717) is 0 Å². The Morgan fingerprint density at radius 2 is 1.95 bits per heavy atom. The van der Waals surface area contributed by atoms with Gasteiger partial charge in [-0.15, -0.1) is 0 Å². The molecule has 0 aliphatic carbocycles. The summed E-state index contributed by atoms with van der Waals surface area (Å²) in [4.78, 5) is 34.1. The number of nitrogens with two attached hydrogens (primary N) is 1. The van der Waals surface area contributed by atoms with Crippen LogP contribution in [0.25, 0.3) is 0 Å². The van der Waals surface area contributed by atoms with Crippen molar-refractivity contribution < 1.29 is 24.2 Å². The number of hydrogen-bond acceptors (Lipinski definition) is 5. The maximum absolute atomic E-state index is 11.7. The second-order valence-corrected chi connectivity index (χ2v) is 5.00. The molecule has 0 unspecified atom stereocenters. The lowest BCUT2D eigenvalue weighted by molar-refractivity contribution is -0.137. The van der Waals surface area contributed by atoms with Crippen molar-refractivity contribution in [1.29, 1.82) is 0 Å². The topological polar surface area (TPSA) is 119 Å². The Hall–Kier alpha value is -1.89. The number of amides is 2. The van der Waals surface area contributed by atoms with Gasteiger partial charge in [0.15, 0.2) is 0 Å². The van der Waals surface area contributed by atoms with E-state index in [-0.39, 0.29) is 25.4 Å². The van der Waals surface area contributed by atoms with Crippen molar-refractivity contribution in [3.8, 4) is 0 Å². The first-order valence-electron chi connectivity index (χ1n) is 6.88. The molecule has 0 aliphatic rings. The van der Waals surface area contributed by atoms with Crippen molar-refractivity contribution in [3.05, 3.63) is 12.2 Å². The van der Waals surface area contributed by atoms with Crippen LogP contribution < -0.4 is 11.1 Å². The largest absolute Gasteiger partial charge is 0.463 e. The molecule has 0 heterocycles. The van der Waals surface area contributed by atoms with Crippen LogP contribution in [0, 0.1) is 5.92 Å². The van der Waals surface area contributed by atoms with E-state index < -0.39 is 29.9 Å². The zero-order chi connectivity index (χ0) is 16.4. The number of carbonyl (C=O) groups excluding carboxylic acids is 3. The Bertz CT molecular complexity index is 393. The highest BCUT2D eigenvalue weighted by molar-refractivity contribution is 5.88. The van der Waals surface area contributed by atoms with Gasteiger partial charge in [-0.2, -0.15) is 0 Å². The van der Waals surface area contributed by atoms with E-state index in [1.54, 1.807) is 6.92 Å². The quantitative estimate of drug-likeness (QED) is 0.405. The molecule has 0 rings (SSSR count). The fourth-order valence-electron chi connectivity index (χ4n) is 1.56. The van der Waals surface area contributed by atoms with Gasteiger partial charge in [-0.05, 0) is 25.7 Å². The third kappa shape index (κ3) is 8.80. The third-order valence-electron chi connectivity index (χ3n) is 2.57. The van der Waals surface area contributed by atoms with Gasteiger partial charge >= 0.3 is 5.97 Å². The number of rotatable bonds is 9. The summed E-state index contributed by atoms with van der Waals surface area (Å²) < 4.78 is 4.68. The van der Waals surface area contributed by atoms with Gasteiger partial charge in [-0.1, -0.05) is 19.9 Å². The van der Waals surface area contributed by atoms with Gasteiger partial charge in [0.05, 0.1) is 6.61 Å². The first-order chi connectivity index (χ1) is 9.77.